The van der Waals surface area contributed by atoms with Crippen molar-refractivity contribution in [3.63, 3.8) is 0 Å². The summed E-state index contributed by atoms with van der Waals surface area (Å²) in [7, 11) is 0. The molecular weight excluding hydrogens is 327 g/mol. The third-order valence-electron chi connectivity index (χ3n) is 2.35. The molecule has 0 heterocycles. The van der Waals surface area contributed by atoms with Crippen LogP contribution in [-0.2, 0) is 4.74 Å². The van der Waals surface area contributed by atoms with Crippen LogP contribution in [0.2, 0.25) is 0 Å². The van der Waals surface area contributed by atoms with Gasteiger partial charge in [0.15, 0.2) is 9.50 Å². The smallest absolute Gasteiger partial charge is 0.192 e. The summed E-state index contributed by atoms with van der Waals surface area (Å²) in [4.78, 5) is 0. The molecule has 2 nitrogen and oxygen atoms in total. The van der Waals surface area contributed by atoms with Crippen molar-refractivity contribution >= 4 is 22.6 Å². The maximum atomic E-state index is 13.4. The van der Waals surface area contributed by atoms with Crippen LogP contribution in [0.3, 0.4) is 0 Å². The second-order valence-corrected chi connectivity index (χ2v) is 6.47. The molecule has 0 aromatic rings. The van der Waals surface area contributed by atoms with Gasteiger partial charge in [-0.1, -0.05) is 6.08 Å². The first-order chi connectivity index (χ1) is 7.29. The van der Waals surface area contributed by atoms with Crippen molar-refractivity contribution in [1.82, 2.24) is 0 Å². The Morgan fingerprint density at radius 2 is 2.38 bits per heavy atom. The highest BCUT2D eigenvalue weighted by Gasteiger charge is 2.24. The molecule has 0 amide bonds. The molecule has 1 aliphatic carbocycles. The van der Waals surface area contributed by atoms with Gasteiger partial charge in [-0.15, -0.1) is 0 Å². The first kappa shape index (κ1) is 13.9. The zero-order valence-electron chi connectivity index (χ0n) is 9.34. The molecular formula is C11H16F2INO. The summed E-state index contributed by atoms with van der Waals surface area (Å²) in [6.07, 6.45) is 3.47. The molecule has 0 spiro atoms. The molecule has 92 valence electrons. The quantitative estimate of drug-likeness (QED) is 0.628. The Bertz CT molecular complexity index is 308. The van der Waals surface area contributed by atoms with Gasteiger partial charge in [0, 0.05) is 12.5 Å². The molecule has 5 heteroatoms. The van der Waals surface area contributed by atoms with Crippen LogP contribution >= 0.6 is 22.6 Å². The lowest BCUT2D eigenvalue weighted by atomic mass is 9.93. The van der Waals surface area contributed by atoms with Gasteiger partial charge in [0.2, 0.25) is 0 Å². The number of rotatable bonds is 4. The van der Waals surface area contributed by atoms with Gasteiger partial charge in [0.1, 0.15) is 12.4 Å². The SMILES string of the molecule is CC(N)[C@H]1C=CC(F)=C(OCC(C)(F)I)C1. The van der Waals surface area contributed by atoms with Crippen LogP contribution in [0.15, 0.2) is 23.7 Å². The van der Waals surface area contributed by atoms with Gasteiger partial charge in [-0.2, -0.15) is 0 Å². The fourth-order valence-corrected chi connectivity index (χ4v) is 1.54. The Balaban J connectivity index is 2.61. The van der Waals surface area contributed by atoms with Gasteiger partial charge < -0.3 is 10.5 Å². The molecule has 0 radical (unpaired) electrons. The summed E-state index contributed by atoms with van der Waals surface area (Å²) >= 11 is 1.62. The molecule has 0 bridgehead atoms. The molecule has 3 atom stereocenters. The fourth-order valence-electron chi connectivity index (χ4n) is 1.38. The number of halogens is 3. The van der Waals surface area contributed by atoms with Crippen LogP contribution in [0.4, 0.5) is 8.78 Å². The third kappa shape index (κ3) is 4.37. The summed E-state index contributed by atoms with van der Waals surface area (Å²) in [5.74, 6) is -0.183. The predicted molar refractivity (Wildman–Crippen MR) is 68.5 cm³/mol. The number of ether oxygens (including phenoxy) is 1. The van der Waals surface area contributed by atoms with E-state index in [4.69, 9.17) is 10.5 Å². The molecule has 0 saturated heterocycles. The molecule has 1 aliphatic rings. The van der Waals surface area contributed by atoms with Crippen molar-refractivity contribution < 1.29 is 13.5 Å². The number of nitrogens with two attached hydrogens (primary N) is 1. The van der Waals surface area contributed by atoms with Crippen LogP contribution in [0.5, 0.6) is 0 Å². The van der Waals surface area contributed by atoms with Crippen molar-refractivity contribution in [2.24, 2.45) is 11.7 Å². The second-order valence-electron chi connectivity index (χ2n) is 4.22. The average Bonchev–Trinajstić information content (AvgIpc) is 2.14. The van der Waals surface area contributed by atoms with Crippen LogP contribution in [-0.4, -0.2) is 16.3 Å². The average molecular weight is 343 g/mol. The molecule has 1 rings (SSSR count). The van der Waals surface area contributed by atoms with Gasteiger partial charge in [-0.3, -0.25) is 0 Å². The molecule has 0 aliphatic heterocycles. The van der Waals surface area contributed by atoms with Crippen LogP contribution in [0.1, 0.15) is 20.3 Å². The monoisotopic (exact) mass is 343 g/mol. The highest BCUT2D eigenvalue weighted by molar-refractivity contribution is 14.1. The molecule has 2 unspecified atom stereocenters. The van der Waals surface area contributed by atoms with Crippen molar-refractivity contribution in [2.45, 2.75) is 30.0 Å². The lowest BCUT2D eigenvalue weighted by molar-refractivity contribution is 0.118. The number of hydrogen-bond acceptors (Lipinski definition) is 2. The fraction of sp³-hybridized carbons (Fsp3) is 0.636. The van der Waals surface area contributed by atoms with Gasteiger partial charge in [0.05, 0.1) is 0 Å². The van der Waals surface area contributed by atoms with Crippen molar-refractivity contribution in [3.05, 3.63) is 23.7 Å². The van der Waals surface area contributed by atoms with Gasteiger partial charge in [-0.25, -0.2) is 8.78 Å². The Morgan fingerprint density at radius 3 is 2.88 bits per heavy atom. The number of hydrogen-bond donors (Lipinski definition) is 1. The zero-order valence-corrected chi connectivity index (χ0v) is 11.5. The van der Waals surface area contributed by atoms with E-state index in [0.29, 0.717) is 6.42 Å². The van der Waals surface area contributed by atoms with E-state index < -0.39 is 9.50 Å². The second kappa shape index (κ2) is 5.44. The van der Waals surface area contributed by atoms with Crippen molar-refractivity contribution in [3.8, 4) is 0 Å². The van der Waals surface area contributed by atoms with Crippen LogP contribution in [0, 0.1) is 5.92 Å². The van der Waals surface area contributed by atoms with E-state index in [0.717, 1.165) is 0 Å². The minimum Gasteiger partial charge on any atom is -0.491 e. The van der Waals surface area contributed by atoms with Crippen LogP contribution < -0.4 is 5.73 Å². The third-order valence-corrected chi connectivity index (χ3v) is 2.66. The van der Waals surface area contributed by atoms with Crippen molar-refractivity contribution in [1.29, 1.82) is 0 Å². The summed E-state index contributed by atoms with van der Waals surface area (Å²) in [6.45, 7) is 3.08. The zero-order chi connectivity index (χ0) is 12.3. The molecule has 2 N–H and O–H groups in total. The Labute approximate surface area is 108 Å². The molecule has 0 aromatic carbocycles. The van der Waals surface area contributed by atoms with Crippen LogP contribution in [0.25, 0.3) is 0 Å². The number of alkyl halides is 2. The highest BCUT2D eigenvalue weighted by atomic mass is 127. The Kier molecular flexibility index (Phi) is 4.73. The van der Waals surface area contributed by atoms with Crippen molar-refractivity contribution in [2.75, 3.05) is 6.61 Å². The predicted octanol–water partition coefficient (Wildman–Crippen LogP) is 3.23. The largest absolute Gasteiger partial charge is 0.491 e. The first-order valence-electron chi connectivity index (χ1n) is 5.12. The standard InChI is InChI=1S/C11H16F2INO/c1-7(15)8-3-4-9(12)10(5-8)16-6-11(2,13)14/h3-4,7-8H,5-6,15H2,1-2H3/t7?,8-,11?/m0/s1. The van der Waals surface area contributed by atoms with E-state index >= 15 is 0 Å². The minimum absolute atomic E-state index is 0.0505. The van der Waals surface area contributed by atoms with E-state index in [1.807, 2.05) is 6.92 Å². The maximum absolute atomic E-state index is 13.4. The van der Waals surface area contributed by atoms with E-state index in [-0.39, 0.29) is 24.3 Å². The van der Waals surface area contributed by atoms with Gasteiger partial charge in [0.25, 0.3) is 0 Å². The Morgan fingerprint density at radius 1 is 1.75 bits per heavy atom. The van der Waals surface area contributed by atoms with Gasteiger partial charge >= 0.3 is 0 Å². The molecule has 0 saturated carbocycles. The first-order valence-corrected chi connectivity index (χ1v) is 6.20. The molecule has 0 fully saturated rings. The highest BCUT2D eigenvalue weighted by Crippen LogP contribution is 2.29. The Hall–Kier alpha value is -0.170. The van der Waals surface area contributed by atoms with Gasteiger partial charge in [-0.05, 0) is 48.4 Å². The summed E-state index contributed by atoms with van der Waals surface area (Å²) < 4.78 is 30.2. The molecule has 16 heavy (non-hydrogen) atoms. The topological polar surface area (TPSA) is 35.2 Å². The normalized spacial score (nSPS) is 26.5. The summed E-state index contributed by atoms with van der Waals surface area (Å²) in [5, 5.41) is 0. The van der Waals surface area contributed by atoms with E-state index in [9.17, 15) is 8.78 Å². The lowest BCUT2D eigenvalue weighted by Gasteiger charge is -2.24. The maximum Gasteiger partial charge on any atom is 0.192 e. The lowest BCUT2D eigenvalue weighted by Crippen LogP contribution is -2.28. The van der Waals surface area contributed by atoms with E-state index in [1.54, 1.807) is 28.7 Å². The number of allylic oxidation sites excluding steroid dienone is 3. The van der Waals surface area contributed by atoms with E-state index in [2.05, 4.69) is 0 Å². The minimum atomic E-state index is -1.49. The summed E-state index contributed by atoms with van der Waals surface area (Å²) in [5.41, 5.74) is 5.73. The molecule has 0 aromatic heterocycles. The van der Waals surface area contributed by atoms with E-state index in [1.165, 1.54) is 13.0 Å². The summed E-state index contributed by atoms with van der Waals surface area (Å²) in [6, 6.07) is -0.0701.